The average molecular weight is 1810 g/mol. The molecule has 12 aromatic rings. The number of ether oxygens (including phenoxy) is 4. The van der Waals surface area contributed by atoms with Crippen molar-refractivity contribution in [3.05, 3.63) is 155 Å². The molecule has 9 aromatic heterocycles. The number of imidazole rings is 4. The van der Waals surface area contributed by atoms with E-state index in [-0.39, 0.29) is 62.2 Å². The first-order chi connectivity index (χ1) is 62.8. The van der Waals surface area contributed by atoms with Crippen LogP contribution in [-0.4, -0.2) is 185 Å². The van der Waals surface area contributed by atoms with Crippen molar-refractivity contribution in [3.63, 3.8) is 0 Å². The van der Waals surface area contributed by atoms with Crippen LogP contribution in [0, 0.1) is 16.0 Å². The van der Waals surface area contributed by atoms with E-state index in [1.807, 2.05) is 75.2 Å². The number of unbranched alkanes of at least 4 members (excludes halogenated alkanes) is 6. The lowest BCUT2D eigenvalue weighted by atomic mass is 9.84. The van der Waals surface area contributed by atoms with E-state index in [9.17, 15) is 49.1 Å². The number of hydrogen-bond acceptors (Lipinski definition) is 30. The molecule has 40 nitrogen and oxygen atoms in total. The number of non-ortho nitro benzene ring substituents is 1. The van der Waals surface area contributed by atoms with E-state index < -0.39 is 52.2 Å². The molecule has 1 fully saturated rings. The van der Waals surface area contributed by atoms with Crippen LogP contribution in [0.4, 0.5) is 56.5 Å². The predicted octanol–water partition coefficient (Wildman–Crippen LogP) is 16.9. The van der Waals surface area contributed by atoms with Gasteiger partial charge in [-0.05, 0) is 133 Å². The Balaban J connectivity index is 0.000000182. The van der Waals surface area contributed by atoms with Crippen LogP contribution in [-0.2, 0) is 79.2 Å². The van der Waals surface area contributed by atoms with E-state index in [0.717, 1.165) is 74.7 Å². The molecule has 3 aromatic carbocycles. The highest BCUT2D eigenvalue weighted by Crippen LogP contribution is 2.35. The van der Waals surface area contributed by atoms with Crippen LogP contribution in [0.5, 0.6) is 11.6 Å². The Labute approximate surface area is 758 Å². The molecular weight excluding hydrogens is 1690 g/mol. The van der Waals surface area contributed by atoms with E-state index >= 15 is 0 Å². The Morgan fingerprint density at radius 1 is 0.542 bits per heavy atom. The highest BCUT2D eigenvalue weighted by molar-refractivity contribution is 5.92. The molecule has 13 rings (SSSR count). The third kappa shape index (κ3) is 29.7. The summed E-state index contributed by atoms with van der Waals surface area (Å²) < 4.78 is 33.6. The van der Waals surface area contributed by atoms with Gasteiger partial charge in [0.25, 0.3) is 11.6 Å². The van der Waals surface area contributed by atoms with Gasteiger partial charge < -0.3 is 83.1 Å². The van der Waals surface area contributed by atoms with Crippen molar-refractivity contribution in [2.24, 2.45) is 5.92 Å². The van der Waals surface area contributed by atoms with Crippen LogP contribution in [0.2, 0.25) is 0 Å². The number of aromatic nitrogens is 16. The van der Waals surface area contributed by atoms with E-state index in [1.54, 1.807) is 38.5 Å². The number of benzene rings is 3. The number of anilines is 7. The lowest BCUT2D eigenvalue weighted by Crippen LogP contribution is -2.39. The van der Waals surface area contributed by atoms with Gasteiger partial charge in [-0.3, -0.25) is 29.3 Å². The quantitative estimate of drug-likeness (QED) is 0.00616. The molecule has 2 amide bonds. The molecule has 1 saturated carbocycles. The predicted molar refractivity (Wildman–Crippen MR) is 496 cm³/mol. The molecular formula is C91H120N24O16. The summed E-state index contributed by atoms with van der Waals surface area (Å²) in [5.41, 5.74) is 5.62. The molecule has 0 atom stereocenters. The Hall–Kier alpha value is -14.2. The summed E-state index contributed by atoms with van der Waals surface area (Å²) in [7, 11) is 1.85. The van der Waals surface area contributed by atoms with Crippen molar-refractivity contribution < 1.29 is 72.4 Å². The molecule has 7 N–H and O–H groups in total. The highest BCUT2D eigenvalue weighted by Gasteiger charge is 2.31. The molecule has 700 valence electrons. The number of carboxylic acid groups (broad SMARTS) is 3. The van der Waals surface area contributed by atoms with Gasteiger partial charge in [0.2, 0.25) is 23.8 Å². The molecule has 1 aliphatic carbocycles. The third-order valence-electron chi connectivity index (χ3n) is 20.1. The van der Waals surface area contributed by atoms with Crippen LogP contribution in [0.1, 0.15) is 201 Å². The second-order valence-electron chi connectivity index (χ2n) is 33.8. The number of aliphatic carboxylic acids is 3. The largest absolute Gasteiger partial charge is 0.480 e. The summed E-state index contributed by atoms with van der Waals surface area (Å²) in [6, 6.07) is 28.1. The first kappa shape index (κ1) is 98.9. The number of carbonyl (C=O) groups excluding carboxylic acids is 3. The number of nitro benzene ring substituents is 1. The number of esters is 1. The summed E-state index contributed by atoms with van der Waals surface area (Å²) in [5, 5.41) is 51.4. The minimum absolute atomic E-state index is 0.0609. The van der Waals surface area contributed by atoms with Gasteiger partial charge in [-0.25, -0.2) is 39.3 Å². The maximum Gasteiger partial charge on any atom is 0.417 e. The number of hydrogen-bond donors (Lipinski definition) is 7. The highest BCUT2D eigenvalue weighted by atomic mass is 16.6. The summed E-state index contributed by atoms with van der Waals surface area (Å²) in [5.74, 6) is 1.42. The van der Waals surface area contributed by atoms with Crippen molar-refractivity contribution >= 4 is 128 Å². The topological polar surface area (TPSA) is 489 Å². The van der Waals surface area contributed by atoms with E-state index in [0.29, 0.717) is 131 Å². The number of furan rings is 1. The third-order valence-corrected chi connectivity index (χ3v) is 20.1. The Morgan fingerprint density at radius 2 is 1.04 bits per heavy atom. The first-order valence-electron chi connectivity index (χ1n) is 44.2. The average Bonchev–Trinajstić information content (AvgIpc) is 1.66. The van der Waals surface area contributed by atoms with Gasteiger partial charge in [-0.2, -0.15) is 39.9 Å². The number of carboxylic acids is 3. The maximum atomic E-state index is 13.2. The SMILES string of the molecule is CCCCCN(C(=O)OC(C)(C)C)c1nc(N(C)Cc2ccco2)c2ncn(CC(=O)OCC)c2n1.CCCCCN(C(=O)OC(C)(C)C)c1nc(NCC(C)C)c2ncn(CC(=O)O)c2n1.CCCCCNc1nc(Oc2ccc([N+](=O)[O-])cc2)c2ncn(CC(=O)O)c2n1.O=C(O)Cn1cnc2c(NCc3ccccc3)nc(NCc3ccc(C4CCCCC4)cc3)nc21. The lowest BCUT2D eigenvalue weighted by molar-refractivity contribution is -0.384. The molecule has 0 aliphatic heterocycles. The smallest absolute Gasteiger partial charge is 0.417 e. The Morgan fingerprint density at radius 3 is 1.56 bits per heavy atom. The zero-order valence-corrected chi connectivity index (χ0v) is 76.7. The van der Waals surface area contributed by atoms with Gasteiger partial charge in [0.15, 0.2) is 62.1 Å². The van der Waals surface area contributed by atoms with Crippen molar-refractivity contribution in [1.29, 1.82) is 0 Å². The fourth-order valence-electron chi connectivity index (χ4n) is 13.8. The van der Waals surface area contributed by atoms with Crippen molar-refractivity contribution in [3.8, 4) is 11.6 Å². The summed E-state index contributed by atoms with van der Waals surface area (Å²) in [6.07, 6.45) is 21.4. The zero-order valence-electron chi connectivity index (χ0n) is 76.7. The molecule has 40 heteroatoms. The second kappa shape index (κ2) is 47.7. The van der Waals surface area contributed by atoms with E-state index in [2.05, 4.69) is 135 Å². The zero-order chi connectivity index (χ0) is 94.3. The fourth-order valence-corrected chi connectivity index (χ4v) is 13.8. The van der Waals surface area contributed by atoms with E-state index in [4.69, 9.17) is 33.5 Å². The molecule has 0 bridgehead atoms. The van der Waals surface area contributed by atoms with Crippen LogP contribution in [0.15, 0.2) is 127 Å². The van der Waals surface area contributed by atoms with Crippen molar-refractivity contribution in [2.75, 3.05) is 75.8 Å². The van der Waals surface area contributed by atoms with Gasteiger partial charge in [0.1, 0.15) is 48.9 Å². The number of nitro groups is 1. The number of fused-ring (bicyclic) bond motifs is 4. The fraction of sp³-hybridized carbons (Fsp3) is 0.473. The lowest BCUT2D eigenvalue weighted by Gasteiger charge is -2.27. The van der Waals surface area contributed by atoms with Crippen LogP contribution < -0.4 is 40.7 Å². The minimum atomic E-state index is -1.03. The first-order valence-corrected chi connectivity index (χ1v) is 44.2. The summed E-state index contributed by atoms with van der Waals surface area (Å²) >= 11 is 0. The van der Waals surface area contributed by atoms with Gasteiger partial charge in [0, 0.05) is 58.4 Å². The Kier molecular flexibility index (Phi) is 36.0. The van der Waals surface area contributed by atoms with Gasteiger partial charge in [-0.15, -0.1) is 0 Å². The van der Waals surface area contributed by atoms with Crippen molar-refractivity contribution in [2.45, 2.75) is 236 Å². The molecule has 0 spiro atoms. The molecule has 9 heterocycles. The van der Waals surface area contributed by atoms with Gasteiger partial charge in [0.05, 0.1) is 49.6 Å². The molecule has 131 heavy (non-hydrogen) atoms. The van der Waals surface area contributed by atoms with E-state index in [1.165, 1.54) is 111 Å². The molecule has 0 radical (unpaired) electrons. The number of carbonyl (C=O) groups is 6. The molecule has 0 saturated heterocycles. The van der Waals surface area contributed by atoms with Gasteiger partial charge in [-0.1, -0.05) is 147 Å². The number of amides is 2. The monoisotopic (exact) mass is 1800 g/mol. The minimum Gasteiger partial charge on any atom is -0.480 e. The van der Waals surface area contributed by atoms with Crippen LogP contribution in [0.3, 0.4) is 0 Å². The summed E-state index contributed by atoms with van der Waals surface area (Å²) in [6.45, 7) is 26.0. The van der Waals surface area contributed by atoms with Crippen molar-refractivity contribution in [1.82, 2.24) is 78.1 Å². The second-order valence-corrected chi connectivity index (χ2v) is 33.8. The molecule has 1 aliphatic rings. The standard InChI is InChI=1S/C27H30N6O2.C25H36N6O5.C21H34N6O4.C18H20N6O5/c34-23(35)17-33-18-30-24-25(28-15-19-7-3-1-4-8-19)31-27(32-26(24)33)29-16-20-11-13-22(14-12-20)21-9-5-2-6-10-21;1-7-9-10-13-31(24(33)36-25(3,4)5)23-27-21(29(6)15-18-12-11-14-35-18)20-22(28-23)30(17-26-20)16-19(32)34-8-2;1-7-8-9-10-27(20(30)31-21(4,5)6)19-24-17(22-11-14(2)3)16-18(25-19)26(13-23-16)12-15(28)29;1-2-3-4-9-19-18-21-16-15(20-11-23(16)10-14(25)26)17(22-18)29-13-7-5-12(6-8-13)24(27)28/h1,3-4,7-8,11-14,18,21H,2,5-6,9-10,15-17H2,(H,34,35)(H2,28,29,31,32);11-12,14,17H,7-10,13,15-16H2,1-6H3;13-14H,7-12H2,1-6H3,(H,28,29)(H,22,24,25);5-8,11H,2-4,9-10H2,1H3,(H,25,26)(H,19,21,22). The van der Waals surface area contributed by atoms with Crippen LogP contribution >= 0.6 is 0 Å². The summed E-state index contributed by atoms with van der Waals surface area (Å²) in [4.78, 5) is 141. The van der Waals surface area contributed by atoms with Crippen LogP contribution in [0.25, 0.3) is 44.7 Å². The maximum absolute atomic E-state index is 13.2. The number of rotatable bonds is 40. The number of nitrogens with one attached hydrogen (secondary N) is 4. The molecule has 0 unspecified atom stereocenters. The normalized spacial score (nSPS) is 12.1. The number of nitrogens with zero attached hydrogens (tertiary/aromatic N) is 20. The Bertz CT molecular complexity index is 5750. The van der Waals surface area contributed by atoms with Gasteiger partial charge >= 0.3 is 36.1 Å².